The number of aliphatic hydroxyl groups excluding tert-OH is 1. The second-order valence-corrected chi connectivity index (χ2v) is 5.46. The maximum atomic E-state index is 11.7. The molecule has 0 aromatic carbocycles. The van der Waals surface area contributed by atoms with Crippen LogP contribution in [0.4, 0.5) is 0 Å². The van der Waals surface area contributed by atoms with E-state index in [0.717, 1.165) is 6.08 Å². The first kappa shape index (κ1) is 22.6. The van der Waals surface area contributed by atoms with E-state index in [4.69, 9.17) is 14.2 Å². The van der Waals surface area contributed by atoms with Gasteiger partial charge in [-0.3, -0.25) is 4.79 Å². The average molecular weight is 354 g/mol. The van der Waals surface area contributed by atoms with E-state index in [1.165, 1.54) is 18.2 Å². The number of rotatable bonds is 11. The van der Waals surface area contributed by atoms with Gasteiger partial charge in [0.25, 0.3) is 0 Å². The van der Waals surface area contributed by atoms with Gasteiger partial charge in [0, 0.05) is 18.6 Å². The van der Waals surface area contributed by atoms with E-state index in [2.05, 4.69) is 13.2 Å². The lowest BCUT2D eigenvalue weighted by Crippen LogP contribution is -2.26. The van der Waals surface area contributed by atoms with Crippen LogP contribution in [-0.2, 0) is 28.6 Å². The van der Waals surface area contributed by atoms with Crippen LogP contribution < -0.4 is 0 Å². The summed E-state index contributed by atoms with van der Waals surface area (Å²) in [4.78, 5) is 34.2. The van der Waals surface area contributed by atoms with Gasteiger partial charge in [0.2, 0.25) is 0 Å². The number of hydrogen-bond donors (Lipinski definition) is 1. The van der Waals surface area contributed by atoms with E-state index in [1.54, 1.807) is 20.8 Å². The van der Waals surface area contributed by atoms with E-state index in [-0.39, 0.29) is 6.42 Å². The van der Waals surface area contributed by atoms with Gasteiger partial charge in [0.15, 0.2) is 0 Å². The summed E-state index contributed by atoms with van der Waals surface area (Å²) in [7, 11) is 0. The standard InChI is InChI=1S/C18H26O7/c1-6-15(19)14(5)25-17(21)10-8-9-12(3)23-18(22)11-13(4)24-16(20)7-2/h6-8,10,12-15,19H,1-2,9,11H2,3-5H3/b10-8+/t12-,13+,14-,15+/m0/s1. The molecule has 0 saturated heterocycles. The van der Waals surface area contributed by atoms with E-state index in [0.29, 0.717) is 6.42 Å². The largest absolute Gasteiger partial charge is 0.462 e. The topological polar surface area (TPSA) is 99.1 Å². The zero-order chi connectivity index (χ0) is 19.4. The van der Waals surface area contributed by atoms with Gasteiger partial charge < -0.3 is 19.3 Å². The Morgan fingerprint density at radius 3 is 2.20 bits per heavy atom. The molecular formula is C18H26O7. The summed E-state index contributed by atoms with van der Waals surface area (Å²) in [6.45, 7) is 11.4. The number of esters is 3. The molecule has 0 unspecified atom stereocenters. The molecule has 0 aliphatic carbocycles. The van der Waals surface area contributed by atoms with Crippen molar-refractivity contribution in [3.05, 3.63) is 37.5 Å². The quantitative estimate of drug-likeness (QED) is 0.262. The van der Waals surface area contributed by atoms with Gasteiger partial charge in [-0.05, 0) is 20.8 Å². The van der Waals surface area contributed by atoms with Crippen LogP contribution in [0.2, 0.25) is 0 Å². The highest BCUT2D eigenvalue weighted by atomic mass is 16.6. The van der Waals surface area contributed by atoms with Crippen molar-refractivity contribution in [3.63, 3.8) is 0 Å². The van der Waals surface area contributed by atoms with Crippen LogP contribution in [0.1, 0.15) is 33.6 Å². The summed E-state index contributed by atoms with van der Waals surface area (Å²) < 4.78 is 15.0. The van der Waals surface area contributed by atoms with Gasteiger partial charge >= 0.3 is 17.9 Å². The van der Waals surface area contributed by atoms with Crippen LogP contribution >= 0.6 is 0 Å². The van der Waals surface area contributed by atoms with Crippen molar-refractivity contribution >= 4 is 17.9 Å². The third-order valence-corrected chi connectivity index (χ3v) is 3.02. The molecule has 0 bridgehead atoms. The van der Waals surface area contributed by atoms with Crippen LogP contribution in [0, 0.1) is 0 Å². The normalized spacial score (nSPS) is 15.5. The molecular weight excluding hydrogens is 328 g/mol. The minimum atomic E-state index is -0.936. The molecule has 0 aliphatic rings. The molecule has 0 aliphatic heterocycles. The third kappa shape index (κ3) is 10.9. The van der Waals surface area contributed by atoms with Crippen LogP contribution in [0.25, 0.3) is 0 Å². The fraction of sp³-hybridized carbons (Fsp3) is 0.500. The SMILES string of the molecule is C=CC(=O)O[C@H](C)CC(=O)O[C@@H](C)C/C=C/C(=O)O[C@@H](C)[C@H](O)C=C. The van der Waals surface area contributed by atoms with Crippen LogP contribution in [0.5, 0.6) is 0 Å². The summed E-state index contributed by atoms with van der Waals surface area (Å²) in [5.41, 5.74) is 0. The minimum absolute atomic E-state index is 0.0768. The van der Waals surface area contributed by atoms with Crippen molar-refractivity contribution in [1.29, 1.82) is 0 Å². The Labute approximate surface area is 147 Å². The fourth-order valence-corrected chi connectivity index (χ4v) is 1.68. The number of ether oxygens (including phenoxy) is 3. The first-order chi connectivity index (χ1) is 11.7. The molecule has 0 spiro atoms. The molecule has 1 N–H and O–H groups in total. The van der Waals surface area contributed by atoms with Gasteiger partial charge in [-0.1, -0.05) is 18.7 Å². The zero-order valence-corrected chi connectivity index (χ0v) is 14.8. The Balaban J connectivity index is 4.16. The molecule has 140 valence electrons. The number of carbonyl (C=O) groups excluding carboxylic acids is 3. The zero-order valence-electron chi connectivity index (χ0n) is 14.8. The molecule has 4 atom stereocenters. The van der Waals surface area contributed by atoms with Crippen LogP contribution in [-0.4, -0.2) is 47.4 Å². The van der Waals surface area contributed by atoms with Gasteiger partial charge in [0.1, 0.15) is 24.4 Å². The summed E-state index contributed by atoms with van der Waals surface area (Å²) in [5, 5.41) is 9.42. The molecule has 0 aromatic rings. The molecule has 0 aromatic heterocycles. The lowest BCUT2D eigenvalue weighted by molar-refractivity contribution is -0.154. The molecule has 7 nitrogen and oxygen atoms in total. The smallest absolute Gasteiger partial charge is 0.330 e. The maximum absolute atomic E-state index is 11.7. The molecule has 0 radical (unpaired) electrons. The first-order valence-corrected chi connectivity index (χ1v) is 7.89. The molecule has 0 heterocycles. The predicted molar refractivity (Wildman–Crippen MR) is 91.4 cm³/mol. The summed E-state index contributed by atoms with van der Waals surface area (Å²) in [6.07, 6.45) is 2.51. The number of aliphatic hydroxyl groups is 1. The Kier molecular flexibility index (Phi) is 10.9. The third-order valence-electron chi connectivity index (χ3n) is 3.02. The molecule has 0 amide bonds. The monoisotopic (exact) mass is 354 g/mol. The highest BCUT2D eigenvalue weighted by Crippen LogP contribution is 2.06. The van der Waals surface area contributed by atoms with Crippen molar-refractivity contribution in [2.45, 2.75) is 58.0 Å². The second-order valence-electron chi connectivity index (χ2n) is 5.46. The molecule has 0 fully saturated rings. The minimum Gasteiger partial charge on any atom is -0.462 e. The Hall–Kier alpha value is -2.41. The van der Waals surface area contributed by atoms with E-state index < -0.39 is 42.3 Å². The lowest BCUT2D eigenvalue weighted by Gasteiger charge is -2.15. The van der Waals surface area contributed by atoms with Gasteiger partial charge in [-0.25, -0.2) is 9.59 Å². The summed E-state index contributed by atoms with van der Waals surface area (Å²) in [5.74, 6) is -1.74. The maximum Gasteiger partial charge on any atom is 0.330 e. The van der Waals surface area contributed by atoms with Gasteiger partial charge in [0.05, 0.1) is 6.42 Å². The Morgan fingerprint density at radius 2 is 1.64 bits per heavy atom. The van der Waals surface area contributed by atoms with E-state index in [1.807, 2.05) is 0 Å². The number of hydrogen-bond acceptors (Lipinski definition) is 7. The van der Waals surface area contributed by atoms with Crippen LogP contribution in [0.3, 0.4) is 0 Å². The van der Waals surface area contributed by atoms with Gasteiger partial charge in [-0.15, -0.1) is 6.58 Å². The molecule has 0 saturated carbocycles. The molecule has 0 rings (SSSR count). The average Bonchev–Trinajstić information content (AvgIpc) is 2.53. The van der Waals surface area contributed by atoms with Crippen molar-refractivity contribution in [1.82, 2.24) is 0 Å². The van der Waals surface area contributed by atoms with Crippen LogP contribution in [0.15, 0.2) is 37.5 Å². The van der Waals surface area contributed by atoms with Crippen molar-refractivity contribution in [2.24, 2.45) is 0 Å². The molecule has 25 heavy (non-hydrogen) atoms. The van der Waals surface area contributed by atoms with Crippen molar-refractivity contribution in [3.8, 4) is 0 Å². The highest BCUT2D eigenvalue weighted by molar-refractivity contribution is 5.82. The number of carbonyl (C=O) groups is 3. The van der Waals surface area contributed by atoms with Crippen molar-refractivity contribution in [2.75, 3.05) is 0 Å². The lowest BCUT2D eigenvalue weighted by atomic mass is 10.2. The summed E-state index contributed by atoms with van der Waals surface area (Å²) in [6, 6.07) is 0. The predicted octanol–water partition coefficient (Wildman–Crippen LogP) is 1.85. The van der Waals surface area contributed by atoms with Gasteiger partial charge in [-0.2, -0.15) is 0 Å². The summed E-state index contributed by atoms with van der Waals surface area (Å²) >= 11 is 0. The second kappa shape index (κ2) is 12.0. The Morgan fingerprint density at radius 1 is 1.00 bits per heavy atom. The van der Waals surface area contributed by atoms with E-state index in [9.17, 15) is 19.5 Å². The highest BCUT2D eigenvalue weighted by Gasteiger charge is 2.16. The fourth-order valence-electron chi connectivity index (χ4n) is 1.68. The first-order valence-electron chi connectivity index (χ1n) is 7.89. The molecule has 7 heteroatoms. The Bertz CT molecular complexity index is 510. The van der Waals surface area contributed by atoms with E-state index >= 15 is 0 Å². The van der Waals surface area contributed by atoms with Crippen molar-refractivity contribution < 1.29 is 33.7 Å².